The van der Waals surface area contributed by atoms with Gasteiger partial charge in [-0.05, 0) is 30.3 Å². The summed E-state index contributed by atoms with van der Waals surface area (Å²) in [5, 5.41) is 8.00. The highest BCUT2D eigenvalue weighted by Crippen LogP contribution is 2.34. The van der Waals surface area contributed by atoms with Crippen LogP contribution in [0.5, 0.6) is 11.8 Å². The van der Waals surface area contributed by atoms with E-state index in [0.29, 0.717) is 34.5 Å². The van der Waals surface area contributed by atoms with Gasteiger partial charge in [-0.25, -0.2) is 9.97 Å². The van der Waals surface area contributed by atoms with Gasteiger partial charge in [-0.3, -0.25) is 4.57 Å². The number of benzene rings is 1. The number of halogens is 3. The van der Waals surface area contributed by atoms with E-state index in [-0.39, 0.29) is 5.52 Å². The first kappa shape index (κ1) is 22.0. The largest absolute Gasteiger partial charge is 0.481 e. The molecule has 162 valence electrons. The first-order valence-electron chi connectivity index (χ1n) is 9.39. The zero-order chi connectivity index (χ0) is 22.6. The topological polar surface area (TPSA) is 75.0 Å². The fourth-order valence-electron chi connectivity index (χ4n) is 2.86. The number of ether oxygens (including phenoxy) is 2. The van der Waals surface area contributed by atoms with Crippen LogP contribution in [0.15, 0.2) is 48.7 Å². The van der Waals surface area contributed by atoms with E-state index in [9.17, 15) is 13.2 Å². The van der Waals surface area contributed by atoms with Gasteiger partial charge in [0.15, 0.2) is 5.82 Å². The van der Waals surface area contributed by atoms with Gasteiger partial charge in [0.25, 0.3) is 0 Å². The van der Waals surface area contributed by atoms with Crippen LogP contribution in [0.3, 0.4) is 0 Å². The Morgan fingerprint density at radius 1 is 0.871 bits per heavy atom. The van der Waals surface area contributed by atoms with Gasteiger partial charge < -0.3 is 9.47 Å². The molecule has 0 N–H and O–H groups in total. The maximum absolute atomic E-state index is 13.1. The minimum Gasteiger partial charge on any atom is -0.481 e. The molecule has 4 aromatic rings. The van der Waals surface area contributed by atoms with Crippen LogP contribution in [0.1, 0.15) is 19.4 Å². The number of pyridine rings is 1. The van der Waals surface area contributed by atoms with Crippen molar-refractivity contribution in [1.29, 1.82) is 0 Å². The van der Waals surface area contributed by atoms with Gasteiger partial charge in [0.05, 0.1) is 42.7 Å². The molecular weight excluding hydrogens is 411 g/mol. The van der Waals surface area contributed by atoms with Crippen LogP contribution in [0.25, 0.3) is 28.2 Å². The summed E-state index contributed by atoms with van der Waals surface area (Å²) in [4.78, 5) is 8.56. The summed E-state index contributed by atoms with van der Waals surface area (Å²) < 4.78 is 51.2. The Balaban J connectivity index is 0.00000132. The van der Waals surface area contributed by atoms with Crippen molar-refractivity contribution in [3.05, 3.63) is 54.2 Å². The molecule has 0 aliphatic rings. The molecule has 0 radical (unpaired) electrons. The molecule has 3 aromatic heterocycles. The lowest BCUT2D eigenvalue weighted by Gasteiger charge is -2.10. The monoisotopic (exact) mass is 431 g/mol. The van der Waals surface area contributed by atoms with Gasteiger partial charge in [-0.15, -0.1) is 10.2 Å². The lowest BCUT2D eigenvalue weighted by atomic mass is 10.2. The van der Waals surface area contributed by atoms with Gasteiger partial charge in [-0.1, -0.05) is 13.8 Å². The van der Waals surface area contributed by atoms with Crippen LogP contribution in [0.2, 0.25) is 0 Å². The minimum atomic E-state index is -4.47. The number of nitrogens with zero attached hydrogens (tertiary/aromatic N) is 5. The average Bonchev–Trinajstić information content (AvgIpc) is 3.19. The van der Waals surface area contributed by atoms with Crippen molar-refractivity contribution in [2.75, 3.05) is 14.2 Å². The normalized spacial score (nSPS) is 11.1. The maximum Gasteiger partial charge on any atom is 0.416 e. The van der Waals surface area contributed by atoms with Crippen molar-refractivity contribution in [2.24, 2.45) is 0 Å². The summed E-state index contributed by atoms with van der Waals surface area (Å²) in [6.45, 7) is 4.00. The average molecular weight is 431 g/mol. The molecule has 0 saturated carbocycles. The van der Waals surface area contributed by atoms with Crippen molar-refractivity contribution < 1.29 is 22.6 Å². The molecule has 0 amide bonds. The summed E-state index contributed by atoms with van der Waals surface area (Å²) in [5.41, 5.74) is 0.808. The Hall–Kier alpha value is -3.69. The third-order valence-corrected chi connectivity index (χ3v) is 4.25. The van der Waals surface area contributed by atoms with Crippen LogP contribution in [0.4, 0.5) is 13.2 Å². The Bertz CT molecular complexity index is 1160. The van der Waals surface area contributed by atoms with Crippen LogP contribution in [0, 0.1) is 0 Å². The van der Waals surface area contributed by atoms with Gasteiger partial charge in [0, 0.05) is 12.1 Å². The predicted octanol–water partition coefficient (Wildman–Crippen LogP) is 4.94. The fraction of sp³-hybridized carbons (Fsp3) is 0.238. The van der Waals surface area contributed by atoms with Crippen molar-refractivity contribution in [3.8, 4) is 29.0 Å². The number of alkyl halides is 3. The quantitative estimate of drug-likeness (QED) is 0.456. The van der Waals surface area contributed by atoms with E-state index in [2.05, 4.69) is 20.2 Å². The van der Waals surface area contributed by atoms with E-state index < -0.39 is 11.7 Å². The van der Waals surface area contributed by atoms with Crippen molar-refractivity contribution in [2.45, 2.75) is 20.0 Å². The van der Waals surface area contributed by atoms with Crippen molar-refractivity contribution in [3.63, 3.8) is 0 Å². The molecule has 0 saturated heterocycles. The van der Waals surface area contributed by atoms with E-state index in [1.54, 1.807) is 28.8 Å². The highest BCUT2D eigenvalue weighted by Gasteiger charge is 2.31. The molecule has 1 aromatic carbocycles. The lowest BCUT2D eigenvalue weighted by molar-refractivity contribution is -0.137. The number of aromatic nitrogens is 5. The summed E-state index contributed by atoms with van der Waals surface area (Å²) >= 11 is 0. The van der Waals surface area contributed by atoms with Crippen molar-refractivity contribution in [1.82, 2.24) is 24.7 Å². The minimum absolute atomic E-state index is 0.170. The Morgan fingerprint density at radius 3 is 2.13 bits per heavy atom. The standard InChI is InChI=1S/C19H14F3N5O2.C2H6/c1-28-16-7-4-12(10-23-16)27-15-6-3-11(19(20,21)22)9-14(15)24-18(27)13-5-8-17(29-2)26-25-13;1-2/h3-10H,1-2H3;1-2H3. The molecule has 0 unspecified atom stereocenters. The molecule has 0 aliphatic heterocycles. The molecule has 0 aliphatic carbocycles. The van der Waals surface area contributed by atoms with Crippen LogP contribution in [-0.4, -0.2) is 39.0 Å². The SMILES string of the molecule is CC.COc1ccc(-n2c(-c3ccc(OC)nn3)nc3cc(C(F)(F)F)ccc32)cn1. The van der Waals surface area contributed by atoms with E-state index in [0.717, 1.165) is 12.1 Å². The van der Waals surface area contributed by atoms with Gasteiger partial charge >= 0.3 is 6.18 Å². The fourth-order valence-corrected chi connectivity index (χ4v) is 2.86. The first-order chi connectivity index (χ1) is 14.9. The van der Waals surface area contributed by atoms with Gasteiger partial charge in [0.1, 0.15) is 5.69 Å². The van der Waals surface area contributed by atoms with Crippen LogP contribution >= 0.6 is 0 Å². The third-order valence-electron chi connectivity index (χ3n) is 4.25. The van der Waals surface area contributed by atoms with E-state index in [4.69, 9.17) is 9.47 Å². The number of rotatable bonds is 4. The second kappa shape index (κ2) is 8.99. The molecule has 4 rings (SSSR count). The molecule has 0 spiro atoms. The number of fused-ring (bicyclic) bond motifs is 1. The molecule has 7 nitrogen and oxygen atoms in total. The Morgan fingerprint density at radius 2 is 1.58 bits per heavy atom. The van der Waals surface area contributed by atoms with E-state index in [1.165, 1.54) is 26.5 Å². The van der Waals surface area contributed by atoms with E-state index in [1.807, 2.05) is 13.8 Å². The highest BCUT2D eigenvalue weighted by atomic mass is 19.4. The third kappa shape index (κ3) is 4.42. The zero-order valence-electron chi connectivity index (χ0n) is 17.3. The second-order valence-corrected chi connectivity index (χ2v) is 5.99. The molecule has 0 atom stereocenters. The molecular formula is C21H20F3N5O2. The number of imidazole rings is 1. The number of methoxy groups -OCH3 is 2. The summed E-state index contributed by atoms with van der Waals surface area (Å²) in [6, 6.07) is 9.99. The van der Waals surface area contributed by atoms with Gasteiger partial charge in [0.2, 0.25) is 11.8 Å². The summed E-state index contributed by atoms with van der Waals surface area (Å²) in [7, 11) is 2.95. The van der Waals surface area contributed by atoms with Gasteiger partial charge in [-0.2, -0.15) is 13.2 Å². The molecule has 3 heterocycles. The summed E-state index contributed by atoms with van der Waals surface area (Å²) in [6.07, 6.45) is -2.93. The number of hydrogen-bond donors (Lipinski definition) is 0. The summed E-state index contributed by atoms with van der Waals surface area (Å²) in [5.74, 6) is 1.03. The first-order valence-corrected chi connectivity index (χ1v) is 9.39. The zero-order valence-corrected chi connectivity index (χ0v) is 17.3. The second-order valence-electron chi connectivity index (χ2n) is 5.99. The predicted molar refractivity (Wildman–Crippen MR) is 109 cm³/mol. The molecule has 0 fully saturated rings. The van der Waals surface area contributed by atoms with Crippen molar-refractivity contribution >= 4 is 11.0 Å². The highest BCUT2D eigenvalue weighted by molar-refractivity contribution is 5.83. The molecule has 31 heavy (non-hydrogen) atoms. The lowest BCUT2D eigenvalue weighted by Crippen LogP contribution is -2.04. The molecule has 0 bridgehead atoms. The smallest absolute Gasteiger partial charge is 0.416 e. The molecule has 10 heteroatoms. The Labute approximate surface area is 176 Å². The number of hydrogen-bond acceptors (Lipinski definition) is 6. The van der Waals surface area contributed by atoms with Crippen LogP contribution in [-0.2, 0) is 6.18 Å². The van der Waals surface area contributed by atoms with E-state index >= 15 is 0 Å². The Kier molecular flexibility index (Phi) is 6.38. The maximum atomic E-state index is 13.1. The van der Waals surface area contributed by atoms with Crippen LogP contribution < -0.4 is 9.47 Å².